The summed E-state index contributed by atoms with van der Waals surface area (Å²) in [6.45, 7) is 4.19. The minimum atomic E-state index is -0.403. The Labute approximate surface area is 208 Å². The number of hydrogen-bond donors (Lipinski definition) is 1. The average Bonchev–Trinajstić information content (AvgIpc) is 3.24. The smallest absolute Gasteiger partial charge is 0.341 e. The van der Waals surface area contributed by atoms with Gasteiger partial charge in [-0.15, -0.1) is 11.3 Å². The van der Waals surface area contributed by atoms with Gasteiger partial charge in [0.2, 0.25) is 0 Å². The first-order valence-electron chi connectivity index (χ1n) is 11.8. The van der Waals surface area contributed by atoms with Gasteiger partial charge in [-0.3, -0.25) is 9.78 Å². The number of rotatable bonds is 5. The topological polar surface area (TPSA) is 81.2 Å². The van der Waals surface area contributed by atoms with Gasteiger partial charge in [0.15, 0.2) is 0 Å². The molecule has 1 atom stereocenters. The molecular weight excluding hydrogens is 458 g/mol. The molecule has 4 aromatic rings. The van der Waals surface area contributed by atoms with E-state index >= 15 is 0 Å². The molecule has 1 aliphatic rings. The largest absolute Gasteiger partial charge is 0.465 e. The normalized spacial score (nSPS) is 15.0. The molecule has 5 rings (SSSR count). The first kappa shape index (κ1) is 23.2. The van der Waals surface area contributed by atoms with Crippen molar-refractivity contribution in [3.8, 4) is 11.3 Å². The van der Waals surface area contributed by atoms with Crippen molar-refractivity contribution in [1.82, 2.24) is 9.97 Å². The minimum Gasteiger partial charge on any atom is -0.465 e. The summed E-state index contributed by atoms with van der Waals surface area (Å²) in [6.07, 6.45) is 7.34. The number of amides is 1. The molecular formula is C28H27N3O3S. The third-order valence-corrected chi connectivity index (χ3v) is 7.90. The third kappa shape index (κ3) is 4.44. The van der Waals surface area contributed by atoms with E-state index in [9.17, 15) is 9.59 Å². The Hall–Kier alpha value is -3.58. The third-order valence-electron chi connectivity index (χ3n) is 6.73. The Morgan fingerprint density at radius 3 is 2.83 bits per heavy atom. The minimum absolute atomic E-state index is 0.274. The van der Waals surface area contributed by atoms with Crippen LogP contribution in [0.25, 0.3) is 22.2 Å². The molecule has 178 valence electrons. The lowest BCUT2D eigenvalue weighted by atomic mass is 9.85. The van der Waals surface area contributed by atoms with Gasteiger partial charge in [0.05, 0.1) is 29.4 Å². The van der Waals surface area contributed by atoms with Crippen molar-refractivity contribution >= 4 is 39.1 Å². The number of carbonyl (C=O) groups excluding carboxylic acids is 2. The SMILES string of the molecule is CCC1CCc2c(sc(NC(=O)c3cc(-c4cccnc4)nc4ccc(C)cc34)c2C(=O)OC)C1. The average molecular weight is 486 g/mol. The second kappa shape index (κ2) is 9.58. The van der Waals surface area contributed by atoms with Crippen LogP contribution >= 0.6 is 11.3 Å². The quantitative estimate of drug-likeness (QED) is 0.339. The maximum atomic E-state index is 13.7. The van der Waals surface area contributed by atoms with Crippen LogP contribution in [0, 0.1) is 12.8 Å². The van der Waals surface area contributed by atoms with Gasteiger partial charge in [-0.2, -0.15) is 0 Å². The zero-order chi connectivity index (χ0) is 24.5. The zero-order valence-corrected chi connectivity index (χ0v) is 20.9. The molecule has 0 fully saturated rings. The van der Waals surface area contributed by atoms with E-state index in [1.54, 1.807) is 18.5 Å². The Kier molecular flexibility index (Phi) is 6.34. The molecule has 0 bridgehead atoms. The molecule has 0 spiro atoms. The monoisotopic (exact) mass is 485 g/mol. The van der Waals surface area contributed by atoms with E-state index in [-0.39, 0.29) is 5.91 Å². The van der Waals surface area contributed by atoms with Crippen LogP contribution in [-0.2, 0) is 17.6 Å². The van der Waals surface area contributed by atoms with Gasteiger partial charge in [-0.05, 0) is 68.0 Å². The van der Waals surface area contributed by atoms with Crippen molar-refractivity contribution in [2.24, 2.45) is 5.92 Å². The molecule has 0 aliphatic heterocycles. The van der Waals surface area contributed by atoms with E-state index in [4.69, 9.17) is 9.72 Å². The van der Waals surface area contributed by atoms with Crippen LogP contribution in [0.5, 0.6) is 0 Å². The molecule has 0 saturated heterocycles. The number of nitrogens with one attached hydrogen (secondary N) is 1. The number of carbonyl (C=O) groups is 2. The lowest BCUT2D eigenvalue weighted by molar-refractivity contribution is 0.0601. The number of anilines is 1. The highest BCUT2D eigenvalue weighted by Gasteiger charge is 2.30. The Bertz CT molecular complexity index is 1430. The summed E-state index contributed by atoms with van der Waals surface area (Å²) in [4.78, 5) is 36.6. The standard InChI is InChI=1S/C28H27N3O3S/c1-4-17-8-9-19-24(13-17)35-27(25(19)28(33)34-3)31-26(32)21-14-23(18-6-5-11-29-15-18)30-22-10-7-16(2)12-20(21)22/h5-7,10-12,14-15,17H,4,8-9,13H2,1-3H3,(H,31,32). The number of methoxy groups -OCH3 is 1. The molecule has 3 heterocycles. The first-order chi connectivity index (χ1) is 17.0. The van der Waals surface area contributed by atoms with Crippen molar-refractivity contribution in [3.63, 3.8) is 0 Å². The van der Waals surface area contributed by atoms with Gasteiger partial charge >= 0.3 is 5.97 Å². The van der Waals surface area contributed by atoms with E-state index in [2.05, 4.69) is 17.2 Å². The van der Waals surface area contributed by atoms with Crippen LogP contribution in [-0.4, -0.2) is 29.0 Å². The van der Waals surface area contributed by atoms with Gasteiger partial charge in [-0.25, -0.2) is 9.78 Å². The van der Waals surface area contributed by atoms with Gasteiger partial charge in [0, 0.05) is 28.2 Å². The van der Waals surface area contributed by atoms with Crippen molar-refractivity contribution in [3.05, 3.63) is 75.9 Å². The lowest BCUT2D eigenvalue weighted by Gasteiger charge is -2.20. The van der Waals surface area contributed by atoms with Gasteiger partial charge in [-0.1, -0.05) is 25.0 Å². The molecule has 1 N–H and O–H groups in total. The van der Waals surface area contributed by atoms with Crippen LogP contribution in [0.4, 0.5) is 5.00 Å². The second-order valence-electron chi connectivity index (χ2n) is 8.99. The van der Waals surface area contributed by atoms with Crippen LogP contribution in [0.3, 0.4) is 0 Å². The van der Waals surface area contributed by atoms with Crippen molar-refractivity contribution < 1.29 is 14.3 Å². The maximum absolute atomic E-state index is 13.7. The number of ether oxygens (including phenoxy) is 1. The summed E-state index contributed by atoms with van der Waals surface area (Å²) >= 11 is 1.50. The van der Waals surface area contributed by atoms with Gasteiger partial charge < -0.3 is 10.1 Å². The van der Waals surface area contributed by atoms with E-state index < -0.39 is 5.97 Å². The fraction of sp³-hybridized carbons (Fsp3) is 0.286. The van der Waals surface area contributed by atoms with Crippen molar-refractivity contribution in [2.45, 2.75) is 39.5 Å². The van der Waals surface area contributed by atoms with E-state index in [1.165, 1.54) is 23.3 Å². The molecule has 1 unspecified atom stereocenters. The highest BCUT2D eigenvalue weighted by Crippen LogP contribution is 2.41. The molecule has 35 heavy (non-hydrogen) atoms. The molecule has 3 aromatic heterocycles. The Morgan fingerprint density at radius 1 is 1.23 bits per heavy atom. The molecule has 0 saturated carbocycles. The number of esters is 1. The highest BCUT2D eigenvalue weighted by atomic mass is 32.1. The Balaban J connectivity index is 1.59. The van der Waals surface area contributed by atoms with E-state index in [0.717, 1.165) is 53.3 Å². The van der Waals surface area contributed by atoms with Crippen molar-refractivity contribution in [1.29, 1.82) is 0 Å². The lowest BCUT2D eigenvalue weighted by Crippen LogP contribution is -2.17. The first-order valence-corrected chi connectivity index (χ1v) is 12.7. The zero-order valence-electron chi connectivity index (χ0n) is 20.1. The molecule has 1 aromatic carbocycles. The number of aryl methyl sites for hydroxylation is 1. The predicted molar refractivity (Wildman–Crippen MR) is 139 cm³/mol. The summed E-state index contributed by atoms with van der Waals surface area (Å²) in [5.74, 6) is -0.0764. The van der Waals surface area contributed by atoms with Crippen LogP contribution in [0.1, 0.15) is 56.5 Å². The number of nitrogens with zero attached hydrogens (tertiary/aromatic N) is 2. The summed E-state index contributed by atoms with van der Waals surface area (Å²) in [6, 6.07) is 11.4. The van der Waals surface area contributed by atoms with Gasteiger partial charge in [0.1, 0.15) is 5.00 Å². The predicted octanol–water partition coefficient (Wildman–Crippen LogP) is 6.22. The molecule has 1 aliphatic carbocycles. The molecule has 1 amide bonds. The van der Waals surface area contributed by atoms with E-state index in [0.29, 0.717) is 27.7 Å². The number of fused-ring (bicyclic) bond motifs is 2. The number of thiophene rings is 1. The number of benzene rings is 1. The summed E-state index contributed by atoms with van der Waals surface area (Å²) < 4.78 is 5.10. The summed E-state index contributed by atoms with van der Waals surface area (Å²) in [5, 5.41) is 4.38. The van der Waals surface area contributed by atoms with Crippen molar-refractivity contribution in [2.75, 3.05) is 12.4 Å². The summed E-state index contributed by atoms with van der Waals surface area (Å²) in [7, 11) is 1.38. The Morgan fingerprint density at radius 2 is 2.09 bits per heavy atom. The number of aromatic nitrogens is 2. The molecule has 6 nitrogen and oxygen atoms in total. The number of hydrogen-bond acceptors (Lipinski definition) is 6. The fourth-order valence-electron chi connectivity index (χ4n) is 4.77. The second-order valence-corrected chi connectivity index (χ2v) is 10.1. The van der Waals surface area contributed by atoms with Crippen LogP contribution in [0.2, 0.25) is 0 Å². The highest BCUT2D eigenvalue weighted by molar-refractivity contribution is 7.17. The van der Waals surface area contributed by atoms with E-state index in [1.807, 2.05) is 37.3 Å². The fourth-order valence-corrected chi connectivity index (χ4v) is 6.11. The molecule has 0 radical (unpaired) electrons. The maximum Gasteiger partial charge on any atom is 0.341 e. The molecule has 7 heteroatoms. The van der Waals surface area contributed by atoms with Crippen LogP contribution < -0.4 is 5.32 Å². The summed E-state index contributed by atoms with van der Waals surface area (Å²) in [5.41, 5.74) is 5.29. The van der Waals surface area contributed by atoms with Crippen LogP contribution in [0.15, 0.2) is 48.8 Å². The number of pyridine rings is 2. The van der Waals surface area contributed by atoms with Gasteiger partial charge in [0.25, 0.3) is 5.91 Å².